The summed E-state index contributed by atoms with van der Waals surface area (Å²) in [5.74, 6) is -0.222. The molecule has 1 aliphatic rings. The van der Waals surface area contributed by atoms with Crippen molar-refractivity contribution in [1.29, 1.82) is 0 Å². The molecule has 0 bridgehead atoms. The van der Waals surface area contributed by atoms with Gasteiger partial charge in [0.25, 0.3) is 0 Å². The van der Waals surface area contributed by atoms with E-state index >= 15 is 0 Å². The summed E-state index contributed by atoms with van der Waals surface area (Å²) >= 11 is 1.33. The van der Waals surface area contributed by atoms with Crippen LogP contribution >= 0.6 is 11.3 Å². The summed E-state index contributed by atoms with van der Waals surface area (Å²) < 4.78 is 5.32. The number of morpholine rings is 1. The maximum atomic E-state index is 11.9. The number of amides is 1. The summed E-state index contributed by atoms with van der Waals surface area (Å²) in [4.78, 5) is 14.3. The van der Waals surface area contributed by atoms with Gasteiger partial charge in [-0.15, -0.1) is 10.2 Å². The van der Waals surface area contributed by atoms with Crippen molar-refractivity contribution in [3.05, 3.63) is 42.0 Å². The summed E-state index contributed by atoms with van der Waals surface area (Å²) in [6.45, 7) is 5.25. The van der Waals surface area contributed by atoms with Gasteiger partial charge in [0, 0.05) is 32.3 Å². The van der Waals surface area contributed by atoms with Crippen molar-refractivity contribution in [1.82, 2.24) is 15.1 Å². The van der Waals surface area contributed by atoms with E-state index in [1.807, 2.05) is 30.3 Å². The Hall–Kier alpha value is -2.29. The van der Waals surface area contributed by atoms with Crippen LogP contribution in [0.4, 0.5) is 10.3 Å². The van der Waals surface area contributed by atoms with Gasteiger partial charge < -0.3 is 10.1 Å². The summed E-state index contributed by atoms with van der Waals surface area (Å²) in [7, 11) is 0. The molecule has 0 aliphatic carbocycles. The van der Waals surface area contributed by atoms with Crippen molar-refractivity contribution in [3.63, 3.8) is 0 Å². The van der Waals surface area contributed by atoms with Crippen LogP contribution in [0.3, 0.4) is 0 Å². The van der Waals surface area contributed by atoms with Crippen molar-refractivity contribution in [2.45, 2.75) is 0 Å². The molecule has 0 atom stereocenters. The second kappa shape index (κ2) is 9.26. The number of nitrogens with zero attached hydrogens (tertiary/aromatic N) is 3. The fourth-order valence-corrected chi connectivity index (χ4v) is 3.05. The van der Waals surface area contributed by atoms with Crippen LogP contribution < -0.4 is 10.6 Å². The number of ether oxygens (including phenoxy) is 1. The lowest BCUT2D eigenvalue weighted by atomic mass is 10.2. The highest BCUT2D eigenvalue weighted by atomic mass is 32.1. The molecule has 3 rings (SSSR count). The molecule has 0 saturated carbocycles. The van der Waals surface area contributed by atoms with Gasteiger partial charge in [0.15, 0.2) is 0 Å². The Morgan fingerprint density at radius 2 is 1.96 bits per heavy atom. The van der Waals surface area contributed by atoms with Crippen LogP contribution in [0.1, 0.15) is 5.56 Å². The van der Waals surface area contributed by atoms with Gasteiger partial charge in [-0.05, 0) is 11.6 Å². The van der Waals surface area contributed by atoms with Gasteiger partial charge in [0.1, 0.15) is 0 Å². The molecule has 1 aliphatic heterocycles. The molecular weight excluding hydrogens is 338 g/mol. The molecule has 0 spiro atoms. The average Bonchev–Trinajstić information content (AvgIpc) is 3.09. The third kappa shape index (κ3) is 5.93. The minimum atomic E-state index is -0.222. The molecule has 1 aromatic heterocycles. The summed E-state index contributed by atoms with van der Waals surface area (Å²) in [6, 6.07) is 9.66. The molecule has 8 heteroatoms. The van der Waals surface area contributed by atoms with Crippen LogP contribution in [0.15, 0.2) is 36.4 Å². The van der Waals surface area contributed by atoms with Gasteiger partial charge in [-0.25, -0.2) is 0 Å². The van der Waals surface area contributed by atoms with E-state index in [1.165, 1.54) is 17.4 Å². The van der Waals surface area contributed by atoms with E-state index in [4.69, 9.17) is 4.74 Å². The Bertz CT molecular complexity index is 698. The highest BCUT2D eigenvalue weighted by molar-refractivity contribution is 7.19. The van der Waals surface area contributed by atoms with Gasteiger partial charge in [-0.1, -0.05) is 41.7 Å². The van der Waals surface area contributed by atoms with Crippen LogP contribution in [0, 0.1) is 0 Å². The first-order chi connectivity index (χ1) is 12.3. The molecule has 1 aromatic carbocycles. The minimum absolute atomic E-state index is 0.222. The molecule has 2 N–H and O–H groups in total. The maximum absolute atomic E-state index is 11.9. The van der Waals surface area contributed by atoms with Crippen molar-refractivity contribution >= 4 is 33.6 Å². The predicted molar refractivity (Wildman–Crippen MR) is 99.8 cm³/mol. The number of hydrogen-bond acceptors (Lipinski definition) is 7. The summed E-state index contributed by atoms with van der Waals surface area (Å²) in [6.07, 6.45) is 3.25. The number of benzene rings is 1. The van der Waals surface area contributed by atoms with Gasteiger partial charge in [-0.2, -0.15) is 0 Å². The Labute approximate surface area is 150 Å². The first kappa shape index (κ1) is 17.5. The Morgan fingerprint density at radius 3 is 2.76 bits per heavy atom. The van der Waals surface area contributed by atoms with Crippen LogP contribution in [0.25, 0.3) is 6.08 Å². The number of nitrogens with one attached hydrogen (secondary N) is 2. The van der Waals surface area contributed by atoms with Crippen molar-refractivity contribution < 1.29 is 9.53 Å². The van der Waals surface area contributed by atoms with Crippen molar-refractivity contribution in [3.8, 4) is 0 Å². The fourth-order valence-electron chi connectivity index (χ4n) is 2.37. The van der Waals surface area contributed by atoms with Crippen LogP contribution in [-0.2, 0) is 9.53 Å². The van der Waals surface area contributed by atoms with Gasteiger partial charge in [-0.3, -0.25) is 15.0 Å². The molecule has 7 nitrogen and oxygen atoms in total. The van der Waals surface area contributed by atoms with Gasteiger partial charge in [0.2, 0.25) is 16.2 Å². The molecule has 2 aromatic rings. The Morgan fingerprint density at radius 1 is 1.20 bits per heavy atom. The zero-order valence-corrected chi connectivity index (χ0v) is 14.7. The molecule has 0 radical (unpaired) electrons. The normalized spacial score (nSPS) is 15.4. The molecule has 0 unspecified atom stereocenters. The number of carbonyl (C=O) groups excluding carboxylic acids is 1. The van der Waals surface area contributed by atoms with E-state index in [1.54, 1.807) is 6.08 Å². The van der Waals surface area contributed by atoms with E-state index < -0.39 is 0 Å². The quantitative estimate of drug-likeness (QED) is 0.736. The lowest BCUT2D eigenvalue weighted by molar-refractivity contribution is -0.111. The standard InChI is InChI=1S/C17H21N5O2S/c23-15(7-6-14-4-2-1-3-5-14)19-17-21-20-16(25-17)18-8-9-22-10-12-24-13-11-22/h1-7H,8-13H2,(H,18,20)(H,19,21,23)/b7-6+. The molecule has 132 valence electrons. The molecule has 1 fully saturated rings. The van der Waals surface area contributed by atoms with E-state index in [-0.39, 0.29) is 5.91 Å². The third-order valence-corrected chi connectivity index (χ3v) is 4.49. The van der Waals surface area contributed by atoms with E-state index in [2.05, 4.69) is 25.7 Å². The van der Waals surface area contributed by atoms with E-state index in [0.29, 0.717) is 10.3 Å². The number of aromatic nitrogens is 2. The fraction of sp³-hybridized carbons (Fsp3) is 0.353. The van der Waals surface area contributed by atoms with Crippen LogP contribution in [0.2, 0.25) is 0 Å². The maximum Gasteiger partial charge on any atom is 0.250 e. The predicted octanol–water partition coefficient (Wildman–Crippen LogP) is 1.93. The molecule has 1 saturated heterocycles. The zero-order valence-electron chi connectivity index (χ0n) is 13.9. The SMILES string of the molecule is O=C(/C=C/c1ccccc1)Nc1nnc(NCCN2CCOCC2)s1. The molecule has 1 amide bonds. The van der Waals surface area contributed by atoms with E-state index in [9.17, 15) is 4.79 Å². The molecular formula is C17H21N5O2S. The van der Waals surface area contributed by atoms with Crippen LogP contribution in [-0.4, -0.2) is 60.4 Å². The van der Waals surface area contributed by atoms with Crippen molar-refractivity contribution in [2.75, 3.05) is 50.0 Å². The molecule has 2 heterocycles. The first-order valence-electron chi connectivity index (χ1n) is 8.21. The topological polar surface area (TPSA) is 79.4 Å². The van der Waals surface area contributed by atoms with Gasteiger partial charge >= 0.3 is 0 Å². The summed E-state index contributed by atoms with van der Waals surface area (Å²) in [5.41, 5.74) is 0.973. The number of hydrogen-bond donors (Lipinski definition) is 2. The minimum Gasteiger partial charge on any atom is -0.379 e. The monoisotopic (exact) mass is 359 g/mol. The Balaban J connectivity index is 1.41. The highest BCUT2D eigenvalue weighted by Gasteiger charge is 2.10. The average molecular weight is 359 g/mol. The van der Waals surface area contributed by atoms with Crippen LogP contribution in [0.5, 0.6) is 0 Å². The van der Waals surface area contributed by atoms with Crippen molar-refractivity contribution in [2.24, 2.45) is 0 Å². The Kier molecular flexibility index (Phi) is 6.49. The second-order valence-electron chi connectivity index (χ2n) is 5.53. The first-order valence-corrected chi connectivity index (χ1v) is 9.03. The molecule has 25 heavy (non-hydrogen) atoms. The number of carbonyl (C=O) groups is 1. The second-order valence-corrected chi connectivity index (χ2v) is 6.50. The zero-order chi connectivity index (χ0) is 17.3. The van der Waals surface area contributed by atoms with Gasteiger partial charge in [0.05, 0.1) is 13.2 Å². The number of anilines is 2. The lowest BCUT2D eigenvalue weighted by Gasteiger charge is -2.26. The smallest absolute Gasteiger partial charge is 0.250 e. The third-order valence-electron chi connectivity index (χ3n) is 3.69. The number of rotatable bonds is 7. The summed E-state index contributed by atoms with van der Waals surface area (Å²) in [5, 5.41) is 15.2. The largest absolute Gasteiger partial charge is 0.379 e. The highest BCUT2D eigenvalue weighted by Crippen LogP contribution is 2.19. The van der Waals surface area contributed by atoms with E-state index in [0.717, 1.165) is 45.0 Å². The lowest BCUT2D eigenvalue weighted by Crippen LogP contribution is -2.38.